The molecule has 1 aliphatic heterocycles. The number of benzene rings is 1. The van der Waals surface area contributed by atoms with Crippen molar-refractivity contribution in [2.45, 2.75) is 32.4 Å². The van der Waals surface area contributed by atoms with Gasteiger partial charge in [0.15, 0.2) is 5.82 Å². The summed E-state index contributed by atoms with van der Waals surface area (Å²) in [4.78, 5) is 18.8. The minimum atomic E-state index is -0.281. The first-order chi connectivity index (χ1) is 11.2. The first kappa shape index (κ1) is 14.1. The lowest BCUT2D eigenvalue weighted by atomic mass is 10.1. The molecule has 2 aromatic heterocycles. The number of aryl methyl sites for hydroxylation is 1. The van der Waals surface area contributed by atoms with Gasteiger partial charge in [0.2, 0.25) is 5.89 Å². The third kappa shape index (κ3) is 2.66. The topological polar surface area (TPSA) is 72.4 Å². The van der Waals surface area contributed by atoms with Gasteiger partial charge in [-0.25, -0.2) is 4.79 Å². The van der Waals surface area contributed by atoms with E-state index in [0.717, 1.165) is 24.8 Å². The van der Waals surface area contributed by atoms with Gasteiger partial charge in [-0.1, -0.05) is 23.4 Å². The van der Waals surface area contributed by atoms with Crippen LogP contribution in [0.3, 0.4) is 0 Å². The maximum atomic E-state index is 12.2. The second-order valence-electron chi connectivity index (χ2n) is 5.91. The molecule has 1 unspecified atom stereocenters. The summed E-state index contributed by atoms with van der Waals surface area (Å²) < 4.78 is 10.7. The van der Waals surface area contributed by atoms with Crippen LogP contribution in [0.1, 0.15) is 36.2 Å². The van der Waals surface area contributed by atoms with E-state index in [1.165, 1.54) is 0 Å². The van der Waals surface area contributed by atoms with Crippen LogP contribution in [0.25, 0.3) is 11.0 Å². The molecule has 1 fully saturated rings. The molecule has 23 heavy (non-hydrogen) atoms. The standard InChI is InChI=1S/C17H17N3O3/c1-11-18-16(23-19-11)14-6-4-8-20(14)10-13-9-12-5-2-3-7-15(12)22-17(13)21/h2-3,5,7,9,14H,4,6,8,10H2,1H3. The number of likely N-dealkylation sites (tertiary alicyclic amines) is 1. The molecule has 1 saturated heterocycles. The van der Waals surface area contributed by atoms with Gasteiger partial charge in [-0.2, -0.15) is 4.98 Å². The van der Waals surface area contributed by atoms with Crippen molar-refractivity contribution in [1.82, 2.24) is 15.0 Å². The second kappa shape index (κ2) is 5.62. The third-order valence-electron chi connectivity index (χ3n) is 4.28. The second-order valence-corrected chi connectivity index (χ2v) is 5.91. The SMILES string of the molecule is Cc1noc(C2CCCN2Cc2cc3ccccc3oc2=O)n1. The predicted molar refractivity (Wildman–Crippen MR) is 83.9 cm³/mol. The van der Waals surface area contributed by atoms with E-state index in [2.05, 4.69) is 15.0 Å². The van der Waals surface area contributed by atoms with E-state index in [4.69, 9.17) is 8.94 Å². The van der Waals surface area contributed by atoms with Gasteiger partial charge in [0.1, 0.15) is 5.58 Å². The van der Waals surface area contributed by atoms with Crippen LogP contribution in [0.2, 0.25) is 0 Å². The Labute approximate surface area is 132 Å². The molecular formula is C17H17N3O3. The lowest BCUT2D eigenvalue weighted by Crippen LogP contribution is -2.26. The molecular weight excluding hydrogens is 294 g/mol. The average Bonchev–Trinajstić information content (AvgIpc) is 3.16. The van der Waals surface area contributed by atoms with Crippen molar-refractivity contribution in [3.63, 3.8) is 0 Å². The molecule has 118 valence electrons. The van der Waals surface area contributed by atoms with Crippen LogP contribution < -0.4 is 5.63 Å². The Morgan fingerprint density at radius 1 is 1.35 bits per heavy atom. The van der Waals surface area contributed by atoms with Crippen molar-refractivity contribution in [3.8, 4) is 0 Å². The molecule has 6 heteroatoms. The molecule has 3 heterocycles. The van der Waals surface area contributed by atoms with Gasteiger partial charge in [0.25, 0.3) is 0 Å². The van der Waals surface area contributed by atoms with E-state index >= 15 is 0 Å². The van der Waals surface area contributed by atoms with Crippen molar-refractivity contribution < 1.29 is 8.94 Å². The quantitative estimate of drug-likeness (QED) is 0.693. The van der Waals surface area contributed by atoms with E-state index in [1.807, 2.05) is 31.2 Å². The van der Waals surface area contributed by atoms with Crippen molar-refractivity contribution in [2.24, 2.45) is 0 Å². The molecule has 4 rings (SSSR count). The maximum absolute atomic E-state index is 12.2. The highest BCUT2D eigenvalue weighted by Crippen LogP contribution is 2.32. The molecule has 0 N–H and O–H groups in total. The van der Waals surface area contributed by atoms with E-state index in [9.17, 15) is 4.79 Å². The maximum Gasteiger partial charge on any atom is 0.340 e. The fourth-order valence-corrected chi connectivity index (χ4v) is 3.18. The summed E-state index contributed by atoms with van der Waals surface area (Å²) in [6.45, 7) is 3.24. The van der Waals surface area contributed by atoms with Crippen molar-refractivity contribution in [1.29, 1.82) is 0 Å². The molecule has 0 bridgehead atoms. The zero-order chi connectivity index (χ0) is 15.8. The van der Waals surface area contributed by atoms with Crippen LogP contribution in [-0.2, 0) is 6.54 Å². The summed E-state index contributed by atoms with van der Waals surface area (Å²) in [6.07, 6.45) is 2.01. The zero-order valence-electron chi connectivity index (χ0n) is 12.9. The molecule has 3 aromatic rings. The number of para-hydroxylation sites is 1. The Hall–Kier alpha value is -2.47. The Morgan fingerprint density at radius 2 is 2.22 bits per heavy atom. The number of hydrogen-bond acceptors (Lipinski definition) is 6. The first-order valence-electron chi connectivity index (χ1n) is 7.77. The van der Waals surface area contributed by atoms with Gasteiger partial charge >= 0.3 is 5.63 Å². The van der Waals surface area contributed by atoms with Crippen LogP contribution in [0.15, 0.2) is 44.1 Å². The summed E-state index contributed by atoms with van der Waals surface area (Å²) in [5, 5.41) is 4.80. The molecule has 0 saturated carbocycles. The molecule has 1 aromatic carbocycles. The Bertz CT molecular complexity index is 899. The Balaban J connectivity index is 1.64. The van der Waals surface area contributed by atoms with E-state index < -0.39 is 0 Å². The van der Waals surface area contributed by atoms with Crippen LogP contribution >= 0.6 is 0 Å². The molecule has 0 radical (unpaired) electrons. The lowest BCUT2D eigenvalue weighted by molar-refractivity contribution is 0.199. The number of nitrogens with zero attached hydrogens (tertiary/aromatic N) is 3. The van der Waals surface area contributed by atoms with Gasteiger partial charge in [0.05, 0.1) is 11.6 Å². The van der Waals surface area contributed by atoms with Gasteiger partial charge in [-0.15, -0.1) is 0 Å². The summed E-state index contributed by atoms with van der Waals surface area (Å²) in [5.74, 6) is 1.27. The van der Waals surface area contributed by atoms with Gasteiger partial charge in [-0.3, -0.25) is 4.90 Å². The molecule has 0 aliphatic carbocycles. The fraction of sp³-hybridized carbons (Fsp3) is 0.353. The first-order valence-corrected chi connectivity index (χ1v) is 7.77. The van der Waals surface area contributed by atoms with Crippen LogP contribution in [0.5, 0.6) is 0 Å². The summed E-state index contributed by atoms with van der Waals surface area (Å²) in [5.41, 5.74) is 0.995. The number of rotatable bonds is 3. The molecule has 0 spiro atoms. The van der Waals surface area contributed by atoms with Crippen molar-refractivity contribution >= 4 is 11.0 Å². The Morgan fingerprint density at radius 3 is 3.04 bits per heavy atom. The van der Waals surface area contributed by atoms with Gasteiger partial charge < -0.3 is 8.94 Å². The third-order valence-corrected chi connectivity index (χ3v) is 4.28. The number of fused-ring (bicyclic) bond motifs is 1. The highest BCUT2D eigenvalue weighted by molar-refractivity contribution is 5.76. The molecule has 1 atom stereocenters. The van der Waals surface area contributed by atoms with E-state index in [1.54, 1.807) is 6.07 Å². The van der Waals surface area contributed by atoms with Gasteiger partial charge in [-0.05, 0) is 38.4 Å². The fourth-order valence-electron chi connectivity index (χ4n) is 3.18. The summed E-state index contributed by atoms with van der Waals surface area (Å²) >= 11 is 0. The summed E-state index contributed by atoms with van der Waals surface area (Å²) in [7, 11) is 0. The normalized spacial score (nSPS) is 18.7. The summed E-state index contributed by atoms with van der Waals surface area (Å²) in [6, 6.07) is 9.54. The Kier molecular flexibility index (Phi) is 3.46. The van der Waals surface area contributed by atoms with E-state index in [0.29, 0.717) is 29.4 Å². The highest BCUT2D eigenvalue weighted by atomic mass is 16.5. The lowest BCUT2D eigenvalue weighted by Gasteiger charge is -2.20. The zero-order valence-corrected chi connectivity index (χ0v) is 12.9. The average molecular weight is 311 g/mol. The van der Waals surface area contributed by atoms with Crippen LogP contribution in [-0.4, -0.2) is 21.6 Å². The monoisotopic (exact) mass is 311 g/mol. The number of aromatic nitrogens is 2. The minimum absolute atomic E-state index is 0.0714. The molecule has 0 amide bonds. The van der Waals surface area contributed by atoms with Crippen LogP contribution in [0, 0.1) is 6.92 Å². The highest BCUT2D eigenvalue weighted by Gasteiger charge is 2.31. The van der Waals surface area contributed by atoms with Crippen LogP contribution in [0.4, 0.5) is 0 Å². The molecule has 1 aliphatic rings. The smallest absolute Gasteiger partial charge is 0.340 e. The minimum Gasteiger partial charge on any atom is -0.422 e. The number of hydrogen-bond donors (Lipinski definition) is 0. The predicted octanol–water partition coefficient (Wildman–Crippen LogP) is 2.82. The molecule has 6 nitrogen and oxygen atoms in total. The van der Waals surface area contributed by atoms with Crippen molar-refractivity contribution in [2.75, 3.05) is 6.54 Å². The van der Waals surface area contributed by atoms with Gasteiger partial charge in [0, 0.05) is 11.9 Å². The van der Waals surface area contributed by atoms with E-state index in [-0.39, 0.29) is 11.7 Å². The van der Waals surface area contributed by atoms with Crippen molar-refractivity contribution in [3.05, 3.63) is 58.0 Å². The largest absolute Gasteiger partial charge is 0.422 e.